The molecular formula is C19H22N4O4. The molecule has 142 valence electrons. The minimum absolute atomic E-state index is 0.151. The van der Waals surface area contributed by atoms with Crippen LogP contribution in [0.15, 0.2) is 28.8 Å². The van der Waals surface area contributed by atoms with E-state index in [0.29, 0.717) is 31.9 Å². The SMILES string of the molecule is Cc1noc(C)c1CO[C@@H]1COCC[C@H]1NC(=O)c1n[nH]c2ccccc12. The second kappa shape index (κ2) is 7.50. The van der Waals surface area contributed by atoms with E-state index in [1.807, 2.05) is 38.1 Å². The van der Waals surface area contributed by atoms with Crippen molar-refractivity contribution in [2.75, 3.05) is 13.2 Å². The third-order valence-corrected chi connectivity index (χ3v) is 4.93. The second-order valence-electron chi connectivity index (χ2n) is 6.71. The van der Waals surface area contributed by atoms with Gasteiger partial charge in [-0.3, -0.25) is 9.89 Å². The summed E-state index contributed by atoms with van der Waals surface area (Å²) in [6, 6.07) is 7.41. The van der Waals surface area contributed by atoms with Crippen LogP contribution in [0.4, 0.5) is 0 Å². The van der Waals surface area contributed by atoms with Gasteiger partial charge in [0.1, 0.15) is 11.9 Å². The molecule has 1 saturated heterocycles. The van der Waals surface area contributed by atoms with Crippen molar-refractivity contribution in [2.24, 2.45) is 0 Å². The standard InChI is InChI=1S/C19H22N4O4/c1-11-14(12(2)27-23-11)9-26-17-10-25-8-7-16(17)20-19(24)18-13-5-3-4-6-15(13)21-22-18/h3-6,16-17H,7-10H2,1-2H3,(H,20,24)(H,21,22)/t16-,17-/m1/s1. The van der Waals surface area contributed by atoms with E-state index in [0.717, 1.165) is 27.9 Å². The lowest BCUT2D eigenvalue weighted by atomic mass is 10.1. The lowest BCUT2D eigenvalue weighted by molar-refractivity contribution is -0.0739. The van der Waals surface area contributed by atoms with Gasteiger partial charge in [-0.25, -0.2) is 0 Å². The van der Waals surface area contributed by atoms with Crippen molar-refractivity contribution in [3.63, 3.8) is 0 Å². The number of amides is 1. The lowest BCUT2D eigenvalue weighted by Gasteiger charge is -2.32. The third-order valence-electron chi connectivity index (χ3n) is 4.93. The number of fused-ring (bicyclic) bond motifs is 1. The summed E-state index contributed by atoms with van der Waals surface area (Å²) in [6.07, 6.45) is 0.432. The zero-order chi connectivity index (χ0) is 18.8. The molecule has 3 aromatic rings. The number of carbonyl (C=O) groups excluding carboxylic acids is 1. The molecule has 0 bridgehead atoms. The molecule has 0 aliphatic carbocycles. The second-order valence-corrected chi connectivity index (χ2v) is 6.71. The topological polar surface area (TPSA) is 102 Å². The highest BCUT2D eigenvalue weighted by Crippen LogP contribution is 2.19. The molecule has 0 unspecified atom stereocenters. The Hall–Kier alpha value is -2.71. The van der Waals surface area contributed by atoms with E-state index < -0.39 is 0 Å². The van der Waals surface area contributed by atoms with Crippen molar-refractivity contribution in [3.8, 4) is 0 Å². The summed E-state index contributed by atoms with van der Waals surface area (Å²) in [6.45, 7) is 5.12. The maximum Gasteiger partial charge on any atom is 0.272 e. The van der Waals surface area contributed by atoms with Crippen molar-refractivity contribution in [1.29, 1.82) is 0 Å². The number of H-pyrrole nitrogens is 1. The first-order valence-corrected chi connectivity index (χ1v) is 8.98. The first-order chi connectivity index (χ1) is 13.1. The zero-order valence-corrected chi connectivity index (χ0v) is 15.3. The van der Waals surface area contributed by atoms with E-state index in [9.17, 15) is 4.79 Å². The van der Waals surface area contributed by atoms with Gasteiger partial charge in [-0.05, 0) is 26.3 Å². The van der Waals surface area contributed by atoms with E-state index in [1.54, 1.807) is 0 Å². The van der Waals surface area contributed by atoms with Gasteiger partial charge >= 0.3 is 0 Å². The third kappa shape index (κ3) is 3.58. The number of hydrogen-bond donors (Lipinski definition) is 2. The molecule has 4 rings (SSSR count). The number of carbonyl (C=O) groups is 1. The fourth-order valence-electron chi connectivity index (χ4n) is 3.31. The number of nitrogens with one attached hydrogen (secondary N) is 2. The van der Waals surface area contributed by atoms with Gasteiger partial charge < -0.3 is 19.3 Å². The minimum atomic E-state index is -0.249. The molecule has 1 fully saturated rings. The Kier molecular flexibility index (Phi) is 4.91. The lowest BCUT2D eigenvalue weighted by Crippen LogP contribution is -2.50. The molecule has 0 saturated carbocycles. The van der Waals surface area contributed by atoms with Crippen LogP contribution in [-0.2, 0) is 16.1 Å². The predicted molar refractivity (Wildman–Crippen MR) is 97.3 cm³/mol. The number of nitrogens with zero attached hydrogens (tertiary/aromatic N) is 2. The molecular weight excluding hydrogens is 348 g/mol. The highest BCUT2D eigenvalue weighted by atomic mass is 16.5. The fourth-order valence-corrected chi connectivity index (χ4v) is 3.31. The molecule has 2 atom stereocenters. The van der Waals surface area contributed by atoms with Gasteiger partial charge in [-0.15, -0.1) is 0 Å². The van der Waals surface area contributed by atoms with Crippen molar-refractivity contribution in [1.82, 2.24) is 20.7 Å². The van der Waals surface area contributed by atoms with Gasteiger partial charge in [-0.2, -0.15) is 5.10 Å². The number of hydrogen-bond acceptors (Lipinski definition) is 6. The minimum Gasteiger partial charge on any atom is -0.379 e. The van der Waals surface area contributed by atoms with Gasteiger partial charge in [0.25, 0.3) is 5.91 Å². The molecule has 0 spiro atoms. The number of ether oxygens (including phenoxy) is 2. The summed E-state index contributed by atoms with van der Waals surface area (Å²) < 4.78 is 16.8. The van der Waals surface area contributed by atoms with Crippen LogP contribution < -0.4 is 5.32 Å². The van der Waals surface area contributed by atoms with Crippen LogP contribution in [0.1, 0.15) is 33.9 Å². The van der Waals surface area contributed by atoms with E-state index in [4.69, 9.17) is 14.0 Å². The van der Waals surface area contributed by atoms with E-state index in [1.165, 1.54) is 0 Å². The summed E-state index contributed by atoms with van der Waals surface area (Å²) in [5.41, 5.74) is 2.97. The average Bonchev–Trinajstić information content (AvgIpc) is 3.25. The Labute approximate surface area is 156 Å². The summed E-state index contributed by atoms with van der Waals surface area (Å²) in [7, 11) is 0. The van der Waals surface area contributed by atoms with Gasteiger partial charge in [0.2, 0.25) is 0 Å². The van der Waals surface area contributed by atoms with Crippen LogP contribution in [-0.4, -0.2) is 46.6 Å². The summed E-state index contributed by atoms with van der Waals surface area (Å²) in [5, 5.41) is 14.9. The van der Waals surface area contributed by atoms with Crippen LogP contribution in [0.5, 0.6) is 0 Å². The van der Waals surface area contributed by atoms with E-state index in [2.05, 4.69) is 20.7 Å². The Morgan fingerprint density at radius 2 is 2.22 bits per heavy atom. The number of para-hydroxylation sites is 1. The van der Waals surface area contributed by atoms with Crippen molar-refractivity contribution >= 4 is 16.8 Å². The highest BCUT2D eigenvalue weighted by molar-refractivity contribution is 6.04. The molecule has 1 aliphatic heterocycles. The molecule has 1 aromatic carbocycles. The number of aromatic amines is 1. The quantitative estimate of drug-likeness (QED) is 0.714. The Bertz CT molecular complexity index is 929. The molecule has 27 heavy (non-hydrogen) atoms. The van der Waals surface area contributed by atoms with Gasteiger partial charge in [0, 0.05) is 17.6 Å². The number of aromatic nitrogens is 3. The summed E-state index contributed by atoms with van der Waals surface area (Å²) >= 11 is 0. The summed E-state index contributed by atoms with van der Waals surface area (Å²) in [4.78, 5) is 12.8. The van der Waals surface area contributed by atoms with E-state index >= 15 is 0 Å². The monoisotopic (exact) mass is 370 g/mol. The molecule has 1 aliphatic rings. The highest BCUT2D eigenvalue weighted by Gasteiger charge is 2.30. The molecule has 3 heterocycles. The molecule has 2 aromatic heterocycles. The first kappa shape index (κ1) is 17.7. The van der Waals surface area contributed by atoms with Crippen LogP contribution >= 0.6 is 0 Å². The van der Waals surface area contributed by atoms with Crippen LogP contribution in [0.2, 0.25) is 0 Å². The molecule has 1 amide bonds. The molecule has 8 nitrogen and oxygen atoms in total. The van der Waals surface area contributed by atoms with Gasteiger partial charge in [0.05, 0.1) is 30.5 Å². The number of aryl methyl sites for hydroxylation is 2. The largest absolute Gasteiger partial charge is 0.379 e. The van der Waals surface area contributed by atoms with Crippen molar-refractivity contribution in [2.45, 2.75) is 39.0 Å². The predicted octanol–water partition coefficient (Wildman–Crippen LogP) is 2.27. The Morgan fingerprint density at radius 1 is 1.37 bits per heavy atom. The van der Waals surface area contributed by atoms with Crippen LogP contribution in [0.25, 0.3) is 10.9 Å². The van der Waals surface area contributed by atoms with Crippen molar-refractivity contribution < 1.29 is 18.8 Å². The van der Waals surface area contributed by atoms with Gasteiger partial charge in [-0.1, -0.05) is 23.4 Å². The molecule has 8 heteroatoms. The number of benzene rings is 1. The Morgan fingerprint density at radius 3 is 3.04 bits per heavy atom. The van der Waals surface area contributed by atoms with Crippen LogP contribution in [0.3, 0.4) is 0 Å². The Balaban J connectivity index is 1.45. The average molecular weight is 370 g/mol. The molecule has 2 N–H and O–H groups in total. The zero-order valence-electron chi connectivity index (χ0n) is 15.3. The molecule has 0 radical (unpaired) electrons. The normalized spacial score (nSPS) is 20.1. The maximum atomic E-state index is 12.8. The summed E-state index contributed by atoms with van der Waals surface area (Å²) in [5.74, 6) is 0.526. The first-order valence-electron chi connectivity index (χ1n) is 8.98. The maximum absolute atomic E-state index is 12.8. The fraction of sp³-hybridized carbons (Fsp3) is 0.421. The van der Waals surface area contributed by atoms with Crippen LogP contribution in [0, 0.1) is 13.8 Å². The van der Waals surface area contributed by atoms with Crippen molar-refractivity contribution in [3.05, 3.63) is 47.0 Å². The van der Waals surface area contributed by atoms with E-state index in [-0.39, 0.29) is 18.1 Å². The number of rotatable bonds is 5. The smallest absolute Gasteiger partial charge is 0.272 e. The van der Waals surface area contributed by atoms with Gasteiger partial charge in [0.15, 0.2) is 5.69 Å².